The Hall–Kier alpha value is -2.15. The van der Waals surface area contributed by atoms with Crippen LogP contribution in [0.3, 0.4) is 0 Å². The maximum absolute atomic E-state index is 13.4. The summed E-state index contributed by atoms with van der Waals surface area (Å²) in [4.78, 5) is 29.0. The average molecular weight is 394 g/mol. The lowest BCUT2D eigenvalue weighted by Crippen LogP contribution is -2.60. The van der Waals surface area contributed by atoms with Gasteiger partial charge in [-0.05, 0) is 51.8 Å². The van der Waals surface area contributed by atoms with E-state index >= 15 is 0 Å². The molecule has 1 heterocycles. The number of esters is 1. The second-order valence-electron chi connectivity index (χ2n) is 8.22. The molecule has 1 aliphatic heterocycles. The van der Waals surface area contributed by atoms with Gasteiger partial charge in [-0.2, -0.15) is 0 Å². The standard InChI is InChI=1S/C21H31FN2O4/c1-7-17-13-23(20(26)28-21(3,4)5)14(2)12-24(17)18(19(25)27-6)15-8-10-16(22)11-9-15/h8-11,14,17-18H,7,12-13H2,1-6H3/t14-,17+,18?/m0/s1. The molecule has 6 nitrogen and oxygen atoms in total. The molecule has 1 aliphatic rings. The molecule has 7 heteroatoms. The first-order valence-corrected chi connectivity index (χ1v) is 9.66. The minimum absolute atomic E-state index is 0.0575. The van der Waals surface area contributed by atoms with Crippen molar-refractivity contribution in [1.82, 2.24) is 9.80 Å². The first kappa shape index (κ1) is 22.1. The highest BCUT2D eigenvalue weighted by Gasteiger charge is 2.41. The number of amides is 1. The smallest absolute Gasteiger partial charge is 0.410 e. The van der Waals surface area contributed by atoms with E-state index in [4.69, 9.17) is 9.47 Å². The SMILES string of the molecule is CC[C@@H]1CN(C(=O)OC(C)(C)C)[C@@H](C)CN1C(C(=O)OC)c1ccc(F)cc1. The van der Waals surface area contributed by atoms with E-state index in [9.17, 15) is 14.0 Å². The van der Waals surface area contributed by atoms with Gasteiger partial charge in [-0.1, -0.05) is 19.1 Å². The molecular formula is C21H31FN2O4. The van der Waals surface area contributed by atoms with Gasteiger partial charge in [-0.15, -0.1) is 0 Å². The normalized spacial score (nSPS) is 21.9. The molecule has 0 aromatic heterocycles. The average Bonchev–Trinajstić information content (AvgIpc) is 2.62. The summed E-state index contributed by atoms with van der Waals surface area (Å²) >= 11 is 0. The Labute approximate surface area is 166 Å². The molecule has 28 heavy (non-hydrogen) atoms. The second kappa shape index (κ2) is 8.90. The minimum Gasteiger partial charge on any atom is -0.468 e. The third kappa shape index (κ3) is 5.22. The fraction of sp³-hybridized carbons (Fsp3) is 0.619. The molecule has 0 saturated carbocycles. The van der Waals surface area contributed by atoms with Gasteiger partial charge in [0.15, 0.2) is 0 Å². The van der Waals surface area contributed by atoms with Crippen LogP contribution >= 0.6 is 0 Å². The van der Waals surface area contributed by atoms with Crippen molar-refractivity contribution in [2.75, 3.05) is 20.2 Å². The zero-order valence-corrected chi connectivity index (χ0v) is 17.6. The van der Waals surface area contributed by atoms with Crippen molar-refractivity contribution in [2.45, 2.75) is 64.8 Å². The van der Waals surface area contributed by atoms with Crippen LogP contribution in [0.4, 0.5) is 9.18 Å². The van der Waals surface area contributed by atoms with Gasteiger partial charge >= 0.3 is 12.1 Å². The Morgan fingerprint density at radius 3 is 2.32 bits per heavy atom. The van der Waals surface area contributed by atoms with Gasteiger partial charge in [-0.3, -0.25) is 4.90 Å². The van der Waals surface area contributed by atoms with Crippen LogP contribution in [0.1, 0.15) is 52.6 Å². The quantitative estimate of drug-likeness (QED) is 0.728. The highest BCUT2D eigenvalue weighted by atomic mass is 19.1. The molecule has 0 bridgehead atoms. The fourth-order valence-electron chi connectivity index (χ4n) is 3.54. The summed E-state index contributed by atoms with van der Waals surface area (Å²) in [7, 11) is 1.35. The first-order chi connectivity index (χ1) is 13.1. The van der Waals surface area contributed by atoms with Gasteiger partial charge in [0.05, 0.1) is 7.11 Å². The van der Waals surface area contributed by atoms with Gasteiger partial charge in [0, 0.05) is 25.2 Å². The Bertz CT molecular complexity index is 687. The van der Waals surface area contributed by atoms with E-state index in [1.54, 1.807) is 17.0 Å². The predicted molar refractivity (Wildman–Crippen MR) is 104 cm³/mol. The summed E-state index contributed by atoms with van der Waals surface area (Å²) in [6.45, 7) is 10.4. The van der Waals surface area contributed by atoms with Crippen molar-refractivity contribution in [3.8, 4) is 0 Å². The summed E-state index contributed by atoms with van der Waals surface area (Å²) in [6.07, 6.45) is 0.384. The number of halogens is 1. The van der Waals surface area contributed by atoms with Gasteiger partial charge in [0.25, 0.3) is 0 Å². The molecule has 1 unspecified atom stereocenters. The number of benzene rings is 1. The van der Waals surface area contributed by atoms with E-state index in [0.717, 1.165) is 6.42 Å². The molecule has 156 valence electrons. The summed E-state index contributed by atoms with van der Waals surface area (Å²) in [5.74, 6) is -0.759. The number of nitrogens with zero attached hydrogens (tertiary/aromatic N) is 2. The fourth-order valence-corrected chi connectivity index (χ4v) is 3.54. The van der Waals surface area contributed by atoms with Crippen LogP contribution in [0.5, 0.6) is 0 Å². The summed E-state index contributed by atoms with van der Waals surface area (Å²) in [5.41, 5.74) is 0.0998. The van der Waals surface area contributed by atoms with Gasteiger partial charge < -0.3 is 14.4 Å². The molecule has 0 aliphatic carbocycles. The van der Waals surface area contributed by atoms with Crippen LogP contribution in [0, 0.1) is 5.82 Å². The van der Waals surface area contributed by atoms with E-state index < -0.39 is 17.6 Å². The van der Waals surface area contributed by atoms with Gasteiger partial charge in [0.1, 0.15) is 17.5 Å². The van der Waals surface area contributed by atoms with Crippen LogP contribution in [0.25, 0.3) is 0 Å². The van der Waals surface area contributed by atoms with Crippen molar-refractivity contribution < 1.29 is 23.5 Å². The summed E-state index contributed by atoms with van der Waals surface area (Å²) in [5, 5.41) is 0. The molecule has 1 fully saturated rings. The molecule has 0 spiro atoms. The van der Waals surface area contributed by atoms with Crippen LogP contribution in [-0.2, 0) is 14.3 Å². The molecular weight excluding hydrogens is 363 g/mol. The number of hydrogen-bond acceptors (Lipinski definition) is 5. The monoisotopic (exact) mass is 394 g/mol. The highest BCUT2D eigenvalue weighted by Crippen LogP contribution is 2.30. The van der Waals surface area contributed by atoms with E-state index in [-0.39, 0.29) is 24.0 Å². The van der Waals surface area contributed by atoms with E-state index in [2.05, 4.69) is 0 Å². The highest BCUT2D eigenvalue weighted by molar-refractivity contribution is 5.77. The van der Waals surface area contributed by atoms with Crippen LogP contribution in [0.2, 0.25) is 0 Å². The number of rotatable bonds is 4. The topological polar surface area (TPSA) is 59.1 Å². The molecule has 1 amide bonds. The molecule has 1 aromatic carbocycles. The number of piperazine rings is 1. The van der Waals surface area contributed by atoms with Crippen molar-refractivity contribution in [2.24, 2.45) is 0 Å². The number of ether oxygens (including phenoxy) is 2. The summed E-state index contributed by atoms with van der Waals surface area (Å²) in [6, 6.07) is 5.03. The van der Waals surface area contributed by atoms with E-state index in [1.165, 1.54) is 19.2 Å². The maximum atomic E-state index is 13.4. The van der Waals surface area contributed by atoms with Gasteiger partial charge in [0.2, 0.25) is 0 Å². The number of carbonyl (C=O) groups excluding carboxylic acids is 2. The van der Waals surface area contributed by atoms with Crippen LogP contribution < -0.4 is 0 Å². The van der Waals surface area contributed by atoms with Crippen molar-refractivity contribution >= 4 is 12.1 Å². The molecule has 2 rings (SSSR count). The Balaban J connectivity index is 2.29. The molecule has 1 saturated heterocycles. The maximum Gasteiger partial charge on any atom is 0.410 e. The lowest BCUT2D eigenvalue weighted by Gasteiger charge is -2.47. The van der Waals surface area contributed by atoms with E-state index in [1.807, 2.05) is 39.5 Å². The summed E-state index contributed by atoms with van der Waals surface area (Å²) < 4.78 is 23.9. The third-order valence-corrected chi connectivity index (χ3v) is 4.92. The number of methoxy groups -OCH3 is 1. The molecule has 0 N–H and O–H groups in total. The Morgan fingerprint density at radius 1 is 1.21 bits per heavy atom. The molecule has 3 atom stereocenters. The zero-order chi connectivity index (χ0) is 21.1. The minimum atomic E-state index is -0.654. The number of carbonyl (C=O) groups is 2. The number of hydrogen-bond donors (Lipinski definition) is 0. The lowest BCUT2D eigenvalue weighted by molar-refractivity contribution is -0.150. The van der Waals surface area contributed by atoms with Crippen LogP contribution in [-0.4, -0.2) is 59.7 Å². The van der Waals surface area contributed by atoms with E-state index in [0.29, 0.717) is 18.7 Å². The third-order valence-electron chi connectivity index (χ3n) is 4.92. The largest absolute Gasteiger partial charge is 0.468 e. The Kier molecular flexibility index (Phi) is 7.04. The van der Waals surface area contributed by atoms with Crippen LogP contribution in [0.15, 0.2) is 24.3 Å². The molecule has 1 aromatic rings. The lowest BCUT2D eigenvalue weighted by atomic mass is 9.98. The van der Waals surface area contributed by atoms with Crippen molar-refractivity contribution in [1.29, 1.82) is 0 Å². The Morgan fingerprint density at radius 2 is 1.82 bits per heavy atom. The zero-order valence-electron chi connectivity index (χ0n) is 17.6. The first-order valence-electron chi connectivity index (χ1n) is 9.66. The molecule has 0 radical (unpaired) electrons. The van der Waals surface area contributed by atoms with Crippen molar-refractivity contribution in [3.05, 3.63) is 35.6 Å². The second-order valence-corrected chi connectivity index (χ2v) is 8.22. The van der Waals surface area contributed by atoms with Crippen molar-refractivity contribution in [3.63, 3.8) is 0 Å². The predicted octanol–water partition coefficient (Wildman–Crippen LogP) is 3.76. The van der Waals surface area contributed by atoms with Gasteiger partial charge in [-0.25, -0.2) is 14.0 Å².